The van der Waals surface area contributed by atoms with E-state index in [-0.39, 0.29) is 4.90 Å². The van der Waals surface area contributed by atoms with E-state index in [2.05, 4.69) is 23.7 Å². The fourth-order valence-corrected chi connectivity index (χ4v) is 3.67. The zero-order valence-electron chi connectivity index (χ0n) is 12.9. The first-order valence-corrected chi connectivity index (χ1v) is 9.11. The minimum Gasteiger partial charge on any atom is -0.304 e. The average molecular weight is 334 g/mol. The lowest BCUT2D eigenvalue weighted by Crippen LogP contribution is -2.34. The first-order valence-electron chi connectivity index (χ1n) is 7.29. The molecular weight excluding hydrogens is 310 g/mol. The maximum absolute atomic E-state index is 12.5. The van der Waals surface area contributed by atoms with Crippen LogP contribution in [-0.4, -0.2) is 55.3 Å². The average Bonchev–Trinajstić information content (AvgIpc) is 2.48. The van der Waals surface area contributed by atoms with E-state index in [0.717, 1.165) is 26.1 Å². The van der Waals surface area contributed by atoms with E-state index in [1.165, 1.54) is 22.6 Å². The Balaban J connectivity index is 2.72. The highest BCUT2D eigenvalue weighted by atomic mass is 35.5. The molecule has 5 nitrogen and oxygen atoms in total. The number of halogens is 1. The number of aromatic nitrogens is 1. The maximum Gasteiger partial charge on any atom is 0.244 e. The second kappa shape index (κ2) is 8.68. The Morgan fingerprint density at radius 2 is 1.76 bits per heavy atom. The van der Waals surface area contributed by atoms with Gasteiger partial charge in [-0.25, -0.2) is 13.4 Å². The van der Waals surface area contributed by atoms with Crippen LogP contribution in [0.2, 0.25) is 5.15 Å². The smallest absolute Gasteiger partial charge is 0.244 e. The molecule has 0 aromatic carbocycles. The van der Waals surface area contributed by atoms with Gasteiger partial charge in [-0.2, -0.15) is 4.31 Å². The van der Waals surface area contributed by atoms with Gasteiger partial charge in [0.05, 0.1) is 0 Å². The van der Waals surface area contributed by atoms with Gasteiger partial charge in [-0.05, 0) is 38.2 Å². The van der Waals surface area contributed by atoms with Crippen molar-refractivity contribution in [2.45, 2.75) is 32.1 Å². The van der Waals surface area contributed by atoms with E-state index in [9.17, 15) is 8.42 Å². The van der Waals surface area contributed by atoms with Crippen molar-refractivity contribution in [2.75, 3.05) is 32.7 Å². The summed E-state index contributed by atoms with van der Waals surface area (Å²) in [5.74, 6) is 0. The zero-order chi connectivity index (χ0) is 15.9. The van der Waals surface area contributed by atoms with Gasteiger partial charge in [0.25, 0.3) is 0 Å². The SMILES string of the molecule is CCN(CC)CCCN(CC)S(=O)(=O)c1ccc(Cl)nc1. The molecule has 120 valence electrons. The first-order chi connectivity index (χ1) is 9.95. The summed E-state index contributed by atoms with van der Waals surface area (Å²) in [5, 5.41) is 0.290. The predicted octanol–water partition coefficient (Wildman–Crippen LogP) is 2.48. The number of nitrogens with zero attached hydrogens (tertiary/aromatic N) is 3. The molecule has 7 heteroatoms. The second-order valence-electron chi connectivity index (χ2n) is 4.69. The van der Waals surface area contributed by atoms with Crippen LogP contribution in [0.5, 0.6) is 0 Å². The maximum atomic E-state index is 12.5. The Kier molecular flexibility index (Phi) is 7.59. The third-order valence-electron chi connectivity index (χ3n) is 3.47. The molecule has 0 atom stereocenters. The summed E-state index contributed by atoms with van der Waals surface area (Å²) in [6, 6.07) is 3.00. The summed E-state index contributed by atoms with van der Waals surface area (Å²) in [7, 11) is -3.49. The molecule has 1 aromatic heterocycles. The predicted molar refractivity (Wildman–Crippen MR) is 86.1 cm³/mol. The highest BCUT2D eigenvalue weighted by molar-refractivity contribution is 7.89. The van der Waals surface area contributed by atoms with Crippen LogP contribution in [0, 0.1) is 0 Å². The van der Waals surface area contributed by atoms with Crippen molar-refractivity contribution in [2.24, 2.45) is 0 Å². The third kappa shape index (κ3) is 5.21. The van der Waals surface area contributed by atoms with Crippen LogP contribution in [0.3, 0.4) is 0 Å². The molecule has 0 aliphatic carbocycles. The Morgan fingerprint density at radius 3 is 2.24 bits per heavy atom. The molecule has 0 N–H and O–H groups in total. The summed E-state index contributed by atoms with van der Waals surface area (Å²) < 4.78 is 26.5. The van der Waals surface area contributed by atoms with E-state index in [4.69, 9.17) is 11.6 Å². The molecule has 0 amide bonds. The Morgan fingerprint density at radius 1 is 1.10 bits per heavy atom. The van der Waals surface area contributed by atoms with E-state index in [1.54, 1.807) is 0 Å². The van der Waals surface area contributed by atoms with Crippen LogP contribution < -0.4 is 0 Å². The molecule has 0 aliphatic heterocycles. The van der Waals surface area contributed by atoms with Crippen molar-refractivity contribution < 1.29 is 8.42 Å². The van der Waals surface area contributed by atoms with Gasteiger partial charge in [0.1, 0.15) is 10.0 Å². The van der Waals surface area contributed by atoms with Crippen molar-refractivity contribution >= 4 is 21.6 Å². The molecule has 0 unspecified atom stereocenters. The molecule has 0 radical (unpaired) electrons. The number of pyridine rings is 1. The molecule has 0 bridgehead atoms. The van der Waals surface area contributed by atoms with Crippen LogP contribution in [0.25, 0.3) is 0 Å². The number of hydrogen-bond acceptors (Lipinski definition) is 4. The van der Waals surface area contributed by atoms with Crippen LogP contribution in [0.1, 0.15) is 27.2 Å². The van der Waals surface area contributed by atoms with Gasteiger partial charge in [0.15, 0.2) is 0 Å². The first kappa shape index (κ1) is 18.4. The molecule has 0 fully saturated rings. The fraction of sp³-hybridized carbons (Fsp3) is 0.643. The van der Waals surface area contributed by atoms with E-state index in [1.807, 2.05) is 6.92 Å². The Labute approximate surface area is 133 Å². The molecule has 21 heavy (non-hydrogen) atoms. The van der Waals surface area contributed by atoms with Crippen LogP contribution in [0.15, 0.2) is 23.2 Å². The van der Waals surface area contributed by atoms with Crippen molar-refractivity contribution in [1.82, 2.24) is 14.2 Å². The van der Waals surface area contributed by atoms with Gasteiger partial charge < -0.3 is 4.90 Å². The topological polar surface area (TPSA) is 53.5 Å². The molecule has 0 saturated heterocycles. The van der Waals surface area contributed by atoms with Gasteiger partial charge in [0.2, 0.25) is 10.0 Å². The summed E-state index contributed by atoms with van der Waals surface area (Å²) in [6.45, 7) is 9.89. The van der Waals surface area contributed by atoms with Gasteiger partial charge in [-0.15, -0.1) is 0 Å². The third-order valence-corrected chi connectivity index (χ3v) is 5.65. The summed E-state index contributed by atoms with van der Waals surface area (Å²) >= 11 is 5.70. The quantitative estimate of drug-likeness (QED) is 0.651. The molecule has 1 rings (SSSR count). The van der Waals surface area contributed by atoms with Crippen LogP contribution in [-0.2, 0) is 10.0 Å². The summed E-state index contributed by atoms with van der Waals surface area (Å²) in [6.07, 6.45) is 2.13. The lowest BCUT2D eigenvalue weighted by molar-refractivity contribution is 0.285. The molecule has 0 aliphatic rings. The van der Waals surface area contributed by atoms with Gasteiger partial charge in [0, 0.05) is 19.3 Å². The second-order valence-corrected chi connectivity index (χ2v) is 7.02. The number of hydrogen-bond donors (Lipinski definition) is 0. The van der Waals surface area contributed by atoms with Crippen molar-refractivity contribution in [3.05, 3.63) is 23.5 Å². The highest BCUT2D eigenvalue weighted by Crippen LogP contribution is 2.16. The Hall–Kier alpha value is -0.690. The van der Waals surface area contributed by atoms with Crippen molar-refractivity contribution in [1.29, 1.82) is 0 Å². The highest BCUT2D eigenvalue weighted by Gasteiger charge is 2.23. The van der Waals surface area contributed by atoms with E-state index >= 15 is 0 Å². The van der Waals surface area contributed by atoms with Gasteiger partial charge in [-0.1, -0.05) is 32.4 Å². The molecule has 0 saturated carbocycles. The fourth-order valence-electron chi connectivity index (χ4n) is 2.12. The normalized spacial score (nSPS) is 12.3. The minimum atomic E-state index is -3.49. The standard InChI is InChI=1S/C14H24ClN3O2S/c1-4-17(5-2)10-7-11-18(6-3)21(19,20)13-8-9-14(15)16-12-13/h8-9,12H,4-7,10-11H2,1-3H3. The van der Waals surface area contributed by atoms with Crippen LogP contribution >= 0.6 is 11.6 Å². The Bertz CT molecular complexity index is 516. The summed E-state index contributed by atoms with van der Waals surface area (Å²) in [5.41, 5.74) is 0. The summed E-state index contributed by atoms with van der Waals surface area (Å²) in [4.78, 5) is 6.32. The molecular formula is C14H24ClN3O2S. The van der Waals surface area contributed by atoms with Crippen LogP contribution in [0.4, 0.5) is 0 Å². The molecule has 1 heterocycles. The monoisotopic (exact) mass is 333 g/mol. The molecule has 0 spiro atoms. The van der Waals surface area contributed by atoms with Crippen molar-refractivity contribution in [3.63, 3.8) is 0 Å². The largest absolute Gasteiger partial charge is 0.304 e. The van der Waals surface area contributed by atoms with Gasteiger partial charge >= 0.3 is 0 Å². The van der Waals surface area contributed by atoms with Crippen molar-refractivity contribution in [3.8, 4) is 0 Å². The number of sulfonamides is 1. The minimum absolute atomic E-state index is 0.191. The van der Waals surface area contributed by atoms with E-state index in [0.29, 0.717) is 18.2 Å². The van der Waals surface area contributed by atoms with Gasteiger partial charge in [-0.3, -0.25) is 0 Å². The number of rotatable bonds is 9. The lowest BCUT2D eigenvalue weighted by Gasteiger charge is -2.23. The lowest BCUT2D eigenvalue weighted by atomic mass is 10.3. The van der Waals surface area contributed by atoms with E-state index < -0.39 is 10.0 Å². The zero-order valence-corrected chi connectivity index (χ0v) is 14.5. The molecule has 1 aromatic rings.